The largest absolute Gasteiger partial charge is 0.506 e. The predicted octanol–water partition coefficient (Wildman–Crippen LogP) is 2.03. The van der Waals surface area contributed by atoms with E-state index in [1.807, 2.05) is 6.92 Å². The van der Waals surface area contributed by atoms with E-state index in [1.54, 1.807) is 0 Å². The molecule has 2 N–H and O–H groups in total. The van der Waals surface area contributed by atoms with Crippen LogP contribution >= 0.6 is 15.9 Å². The molecule has 0 unspecified atom stereocenters. The molecule has 7 heteroatoms. The molecule has 0 bridgehead atoms. The van der Waals surface area contributed by atoms with Crippen molar-refractivity contribution >= 4 is 21.6 Å². The highest BCUT2D eigenvalue weighted by atomic mass is 79.9. The highest BCUT2D eigenvalue weighted by molar-refractivity contribution is 9.10. The Labute approximate surface area is 119 Å². The first-order chi connectivity index (χ1) is 9.00. The van der Waals surface area contributed by atoms with Crippen LogP contribution in [0.15, 0.2) is 16.6 Å². The van der Waals surface area contributed by atoms with Crippen LogP contribution in [0.25, 0.3) is 0 Å². The third-order valence-electron chi connectivity index (χ3n) is 3.44. The molecule has 1 aromatic rings. The van der Waals surface area contributed by atoms with Gasteiger partial charge in [0.15, 0.2) is 0 Å². The third kappa shape index (κ3) is 3.05. The quantitative estimate of drug-likeness (QED) is 0.655. The number of rotatable bonds is 3. The monoisotopic (exact) mass is 329 g/mol. The van der Waals surface area contributed by atoms with E-state index in [0.29, 0.717) is 10.0 Å². The summed E-state index contributed by atoms with van der Waals surface area (Å²) in [6.45, 7) is 5.46. The highest BCUT2D eigenvalue weighted by Gasteiger charge is 2.24. The second-order valence-electron chi connectivity index (χ2n) is 4.58. The summed E-state index contributed by atoms with van der Waals surface area (Å²) in [5, 5.41) is 24.2. The van der Waals surface area contributed by atoms with Gasteiger partial charge in [-0.3, -0.25) is 15.0 Å². The fourth-order valence-corrected chi connectivity index (χ4v) is 2.76. The molecule has 0 aliphatic carbocycles. The van der Waals surface area contributed by atoms with Crippen LogP contribution in [0.3, 0.4) is 0 Å². The first kappa shape index (κ1) is 14.2. The summed E-state index contributed by atoms with van der Waals surface area (Å²) in [4.78, 5) is 12.6. The molecule has 1 aliphatic heterocycles. The normalized spacial score (nSPS) is 18.2. The van der Waals surface area contributed by atoms with Gasteiger partial charge < -0.3 is 10.4 Å². The van der Waals surface area contributed by atoms with Crippen LogP contribution in [-0.4, -0.2) is 41.1 Å². The topological polar surface area (TPSA) is 78.6 Å². The van der Waals surface area contributed by atoms with Crippen molar-refractivity contribution in [2.24, 2.45) is 0 Å². The second-order valence-corrected chi connectivity index (χ2v) is 5.44. The van der Waals surface area contributed by atoms with Gasteiger partial charge in [0, 0.05) is 49.9 Å². The number of aromatic hydroxyl groups is 1. The van der Waals surface area contributed by atoms with Gasteiger partial charge in [0.25, 0.3) is 5.69 Å². The molecule has 19 heavy (non-hydrogen) atoms. The average molecular weight is 330 g/mol. The summed E-state index contributed by atoms with van der Waals surface area (Å²) < 4.78 is 0.360. The highest BCUT2D eigenvalue weighted by Crippen LogP contribution is 2.37. The van der Waals surface area contributed by atoms with Gasteiger partial charge in [-0.1, -0.05) is 0 Å². The fraction of sp³-hybridized carbons (Fsp3) is 0.500. The average Bonchev–Trinajstić information content (AvgIpc) is 2.41. The molecule has 1 aliphatic rings. The molecule has 1 atom stereocenters. The van der Waals surface area contributed by atoms with Gasteiger partial charge in [-0.25, -0.2) is 0 Å². The Kier molecular flexibility index (Phi) is 4.38. The number of benzene rings is 1. The van der Waals surface area contributed by atoms with Crippen LogP contribution in [0.5, 0.6) is 5.75 Å². The van der Waals surface area contributed by atoms with Gasteiger partial charge in [0.05, 0.1) is 9.40 Å². The zero-order chi connectivity index (χ0) is 14.0. The smallest absolute Gasteiger partial charge is 0.271 e. The Balaban J connectivity index is 2.34. The SMILES string of the molecule is C[C@H](c1cc([N+](=O)[O-])cc(Br)c1O)N1CCNCC1. The molecule has 0 spiro atoms. The van der Waals surface area contributed by atoms with E-state index in [1.165, 1.54) is 12.1 Å². The van der Waals surface area contributed by atoms with Crippen LogP contribution in [0.2, 0.25) is 0 Å². The van der Waals surface area contributed by atoms with Crippen LogP contribution in [0.4, 0.5) is 5.69 Å². The molecule has 6 nitrogen and oxygen atoms in total. The first-order valence-electron chi connectivity index (χ1n) is 6.12. The zero-order valence-corrected chi connectivity index (χ0v) is 12.2. The number of nitro groups is 1. The number of hydrogen-bond donors (Lipinski definition) is 2. The number of nitrogens with one attached hydrogen (secondary N) is 1. The van der Waals surface area contributed by atoms with E-state index in [-0.39, 0.29) is 17.5 Å². The molecular weight excluding hydrogens is 314 g/mol. The van der Waals surface area contributed by atoms with Gasteiger partial charge in [-0.15, -0.1) is 0 Å². The van der Waals surface area contributed by atoms with Crippen molar-refractivity contribution in [1.82, 2.24) is 10.2 Å². The third-order valence-corrected chi connectivity index (χ3v) is 4.04. The van der Waals surface area contributed by atoms with Crippen molar-refractivity contribution in [2.45, 2.75) is 13.0 Å². The van der Waals surface area contributed by atoms with Crippen LogP contribution in [0.1, 0.15) is 18.5 Å². The van der Waals surface area contributed by atoms with Crippen LogP contribution in [-0.2, 0) is 0 Å². The molecule has 0 saturated carbocycles. The number of non-ortho nitro benzene ring substituents is 1. The Morgan fingerprint density at radius 3 is 2.68 bits per heavy atom. The summed E-state index contributed by atoms with van der Waals surface area (Å²) in [6.07, 6.45) is 0. The molecule has 1 aromatic carbocycles. The Bertz CT molecular complexity index is 489. The number of phenolic OH excluding ortho intramolecular Hbond substituents is 1. The minimum Gasteiger partial charge on any atom is -0.506 e. The van der Waals surface area contributed by atoms with Crippen LogP contribution in [0, 0.1) is 10.1 Å². The molecule has 0 aromatic heterocycles. The number of piperazine rings is 1. The lowest BCUT2D eigenvalue weighted by atomic mass is 10.0. The van der Waals surface area contributed by atoms with Crippen LogP contribution < -0.4 is 5.32 Å². The Hall–Kier alpha value is -1.18. The Morgan fingerprint density at radius 2 is 2.11 bits per heavy atom. The Morgan fingerprint density at radius 1 is 1.47 bits per heavy atom. The van der Waals surface area contributed by atoms with Crippen molar-refractivity contribution in [3.05, 3.63) is 32.3 Å². The van der Waals surface area contributed by atoms with Gasteiger partial charge in [0.1, 0.15) is 5.75 Å². The maximum absolute atomic E-state index is 10.9. The van der Waals surface area contributed by atoms with E-state index in [0.717, 1.165) is 26.2 Å². The van der Waals surface area contributed by atoms with E-state index in [2.05, 4.69) is 26.1 Å². The number of nitro benzene ring substituents is 1. The van der Waals surface area contributed by atoms with Crippen molar-refractivity contribution in [3.8, 4) is 5.75 Å². The molecule has 104 valence electrons. The second kappa shape index (κ2) is 5.85. The summed E-state index contributed by atoms with van der Waals surface area (Å²) >= 11 is 3.17. The lowest BCUT2D eigenvalue weighted by Crippen LogP contribution is -2.44. The molecule has 2 rings (SSSR count). The standard InChI is InChI=1S/C12H16BrN3O3/c1-8(15-4-2-14-3-5-15)10-6-9(16(18)19)7-11(13)12(10)17/h6-8,14,17H,2-5H2,1H3/t8-/m1/s1. The molecule has 0 amide bonds. The minimum atomic E-state index is -0.446. The van der Waals surface area contributed by atoms with Gasteiger partial charge in [-0.2, -0.15) is 0 Å². The number of phenols is 1. The number of nitrogens with zero attached hydrogens (tertiary/aromatic N) is 2. The minimum absolute atomic E-state index is 0.0124. The lowest BCUT2D eigenvalue weighted by molar-refractivity contribution is -0.385. The van der Waals surface area contributed by atoms with Crippen molar-refractivity contribution < 1.29 is 10.0 Å². The summed E-state index contributed by atoms with van der Waals surface area (Å²) in [5.74, 6) is 0.0802. The molecule has 0 radical (unpaired) electrons. The maximum Gasteiger partial charge on any atom is 0.271 e. The molecular formula is C12H16BrN3O3. The van der Waals surface area contributed by atoms with E-state index in [4.69, 9.17) is 0 Å². The number of halogens is 1. The summed E-state index contributed by atoms with van der Waals surface area (Å²) in [6, 6.07) is 2.72. The van der Waals surface area contributed by atoms with E-state index >= 15 is 0 Å². The van der Waals surface area contributed by atoms with E-state index < -0.39 is 4.92 Å². The fourth-order valence-electron chi connectivity index (χ4n) is 2.30. The van der Waals surface area contributed by atoms with Gasteiger partial charge in [0.2, 0.25) is 0 Å². The van der Waals surface area contributed by atoms with Crippen molar-refractivity contribution in [1.29, 1.82) is 0 Å². The predicted molar refractivity (Wildman–Crippen MR) is 75.3 cm³/mol. The molecule has 1 heterocycles. The first-order valence-corrected chi connectivity index (χ1v) is 6.91. The lowest BCUT2D eigenvalue weighted by Gasteiger charge is -2.33. The molecule has 1 fully saturated rings. The van der Waals surface area contributed by atoms with Gasteiger partial charge >= 0.3 is 0 Å². The summed E-state index contributed by atoms with van der Waals surface area (Å²) in [7, 11) is 0. The van der Waals surface area contributed by atoms with Crippen molar-refractivity contribution in [2.75, 3.05) is 26.2 Å². The van der Waals surface area contributed by atoms with Gasteiger partial charge in [-0.05, 0) is 22.9 Å². The molecule has 1 saturated heterocycles. The van der Waals surface area contributed by atoms with E-state index in [9.17, 15) is 15.2 Å². The summed E-state index contributed by atoms with van der Waals surface area (Å²) in [5.41, 5.74) is 0.574. The zero-order valence-electron chi connectivity index (χ0n) is 10.6. The van der Waals surface area contributed by atoms with Crippen molar-refractivity contribution in [3.63, 3.8) is 0 Å². The number of hydrogen-bond acceptors (Lipinski definition) is 5. The maximum atomic E-state index is 10.9.